The maximum absolute atomic E-state index is 11.9. The number of hydrogen-bond donors (Lipinski definition) is 1. The third-order valence-electron chi connectivity index (χ3n) is 3.36. The fraction of sp³-hybridized carbons (Fsp3) is 0.308. The quantitative estimate of drug-likeness (QED) is 0.818. The Morgan fingerprint density at radius 2 is 2.21 bits per heavy atom. The number of hydrogen-bond acceptors (Lipinski definition) is 3. The van der Waals surface area contributed by atoms with Crippen LogP contribution in [0.3, 0.4) is 0 Å². The molecule has 1 atom stereocenters. The van der Waals surface area contributed by atoms with E-state index in [-0.39, 0.29) is 11.8 Å². The van der Waals surface area contributed by atoms with Crippen LogP contribution in [-0.2, 0) is 9.59 Å². The maximum Gasteiger partial charge on any atom is 0.251 e. The molecule has 1 aromatic heterocycles. The molecule has 0 saturated carbocycles. The summed E-state index contributed by atoms with van der Waals surface area (Å²) in [5.74, 6) is -0.485. The Morgan fingerprint density at radius 3 is 2.95 bits per heavy atom. The molecule has 19 heavy (non-hydrogen) atoms. The SMILES string of the molecule is Cc1nn([C@@H]2CCC(=O)NC2=O)c2ccc(Br)cc12. The first-order valence-corrected chi connectivity index (χ1v) is 6.83. The fourth-order valence-corrected chi connectivity index (χ4v) is 2.78. The predicted molar refractivity (Wildman–Crippen MR) is 73.6 cm³/mol. The summed E-state index contributed by atoms with van der Waals surface area (Å²) in [6, 6.07) is 5.43. The highest BCUT2D eigenvalue weighted by atomic mass is 79.9. The Bertz CT molecular complexity index is 692. The average Bonchev–Trinajstić information content (AvgIpc) is 2.66. The van der Waals surface area contributed by atoms with Crippen LogP contribution >= 0.6 is 15.9 Å². The molecule has 1 N–H and O–H groups in total. The van der Waals surface area contributed by atoms with Crippen LogP contribution in [0.15, 0.2) is 22.7 Å². The zero-order valence-electron chi connectivity index (χ0n) is 10.3. The van der Waals surface area contributed by atoms with Crippen LogP contribution in [0.2, 0.25) is 0 Å². The molecular weight excluding hydrogens is 310 g/mol. The number of piperidine rings is 1. The van der Waals surface area contributed by atoms with Crippen LogP contribution in [0.1, 0.15) is 24.6 Å². The van der Waals surface area contributed by atoms with E-state index in [4.69, 9.17) is 0 Å². The molecule has 3 rings (SSSR count). The summed E-state index contributed by atoms with van der Waals surface area (Å²) < 4.78 is 2.70. The molecule has 1 aliphatic heterocycles. The number of fused-ring (bicyclic) bond motifs is 1. The summed E-state index contributed by atoms with van der Waals surface area (Å²) >= 11 is 3.43. The third kappa shape index (κ3) is 2.06. The predicted octanol–water partition coefficient (Wildman–Crippen LogP) is 2.08. The van der Waals surface area contributed by atoms with Gasteiger partial charge in [0.25, 0.3) is 5.91 Å². The van der Waals surface area contributed by atoms with E-state index in [1.54, 1.807) is 4.68 Å². The van der Waals surface area contributed by atoms with Gasteiger partial charge >= 0.3 is 0 Å². The minimum atomic E-state index is -0.407. The second kappa shape index (κ2) is 4.45. The van der Waals surface area contributed by atoms with Crippen LogP contribution in [0.25, 0.3) is 10.9 Å². The molecule has 0 radical (unpaired) electrons. The van der Waals surface area contributed by atoms with Gasteiger partial charge in [-0.25, -0.2) is 0 Å². The van der Waals surface area contributed by atoms with Gasteiger partial charge < -0.3 is 0 Å². The number of amides is 2. The van der Waals surface area contributed by atoms with E-state index in [9.17, 15) is 9.59 Å². The van der Waals surface area contributed by atoms with Crippen molar-refractivity contribution < 1.29 is 9.59 Å². The van der Waals surface area contributed by atoms with Crippen molar-refractivity contribution >= 4 is 38.6 Å². The first-order valence-electron chi connectivity index (χ1n) is 6.04. The molecule has 2 heterocycles. The molecule has 2 aromatic rings. The zero-order chi connectivity index (χ0) is 13.6. The molecule has 1 aromatic carbocycles. The van der Waals surface area contributed by atoms with Crippen molar-refractivity contribution in [1.82, 2.24) is 15.1 Å². The van der Waals surface area contributed by atoms with Crippen LogP contribution in [0.5, 0.6) is 0 Å². The maximum atomic E-state index is 11.9. The average molecular weight is 322 g/mol. The molecule has 1 aliphatic rings. The third-order valence-corrected chi connectivity index (χ3v) is 3.85. The number of halogens is 1. The molecule has 6 heteroatoms. The van der Waals surface area contributed by atoms with E-state index in [0.717, 1.165) is 21.1 Å². The molecular formula is C13H12BrN3O2. The van der Waals surface area contributed by atoms with Gasteiger partial charge in [-0.05, 0) is 31.5 Å². The topological polar surface area (TPSA) is 64.0 Å². The molecule has 98 valence electrons. The summed E-state index contributed by atoms with van der Waals surface area (Å²) in [4.78, 5) is 23.1. The summed E-state index contributed by atoms with van der Waals surface area (Å²) in [7, 11) is 0. The van der Waals surface area contributed by atoms with Gasteiger partial charge in [0.2, 0.25) is 5.91 Å². The van der Waals surface area contributed by atoms with Gasteiger partial charge in [-0.1, -0.05) is 15.9 Å². The summed E-state index contributed by atoms with van der Waals surface area (Å²) in [5, 5.41) is 7.83. The van der Waals surface area contributed by atoms with E-state index >= 15 is 0 Å². The second-order valence-electron chi connectivity index (χ2n) is 4.66. The van der Waals surface area contributed by atoms with Crippen molar-refractivity contribution in [3.8, 4) is 0 Å². The number of rotatable bonds is 1. The highest BCUT2D eigenvalue weighted by Gasteiger charge is 2.30. The zero-order valence-corrected chi connectivity index (χ0v) is 11.9. The Balaban J connectivity index is 2.10. The van der Waals surface area contributed by atoms with E-state index in [1.165, 1.54) is 0 Å². The standard InChI is InChI=1S/C13H12BrN3O2/c1-7-9-6-8(14)2-3-10(9)17(16-7)11-4-5-12(18)15-13(11)19/h2-3,6,11H,4-5H2,1H3,(H,15,18,19)/t11-/m1/s1. The normalized spacial score (nSPS) is 19.8. The highest BCUT2D eigenvalue weighted by Crippen LogP contribution is 2.27. The van der Waals surface area contributed by atoms with E-state index < -0.39 is 6.04 Å². The Hall–Kier alpha value is -1.69. The largest absolute Gasteiger partial charge is 0.295 e. The molecule has 0 bridgehead atoms. The van der Waals surface area contributed by atoms with Gasteiger partial charge in [-0.2, -0.15) is 5.10 Å². The number of aryl methyl sites for hydroxylation is 1. The summed E-state index contributed by atoms with van der Waals surface area (Å²) in [6.07, 6.45) is 0.851. The Kier molecular flexibility index (Phi) is 2.89. The van der Waals surface area contributed by atoms with E-state index in [2.05, 4.69) is 26.3 Å². The van der Waals surface area contributed by atoms with Crippen LogP contribution in [-0.4, -0.2) is 21.6 Å². The molecule has 1 saturated heterocycles. The lowest BCUT2D eigenvalue weighted by Gasteiger charge is -2.21. The minimum absolute atomic E-state index is 0.211. The van der Waals surface area contributed by atoms with Gasteiger partial charge in [0.05, 0.1) is 11.2 Å². The van der Waals surface area contributed by atoms with Gasteiger partial charge in [0.15, 0.2) is 0 Å². The minimum Gasteiger partial charge on any atom is -0.295 e. The van der Waals surface area contributed by atoms with Crippen LogP contribution in [0.4, 0.5) is 0 Å². The van der Waals surface area contributed by atoms with Crippen LogP contribution < -0.4 is 5.32 Å². The van der Waals surface area contributed by atoms with Gasteiger partial charge in [0, 0.05) is 16.3 Å². The van der Waals surface area contributed by atoms with E-state index in [0.29, 0.717) is 12.8 Å². The number of carbonyl (C=O) groups is 2. The molecule has 0 aliphatic carbocycles. The molecule has 0 unspecified atom stereocenters. The molecule has 0 spiro atoms. The monoisotopic (exact) mass is 321 g/mol. The number of benzene rings is 1. The molecule has 1 fully saturated rings. The van der Waals surface area contributed by atoms with Gasteiger partial charge in [0.1, 0.15) is 6.04 Å². The van der Waals surface area contributed by atoms with Gasteiger partial charge in [-0.15, -0.1) is 0 Å². The molecule has 2 amide bonds. The lowest BCUT2D eigenvalue weighted by Crippen LogP contribution is -2.42. The van der Waals surface area contributed by atoms with Crippen LogP contribution in [0, 0.1) is 6.92 Å². The van der Waals surface area contributed by atoms with Crippen molar-refractivity contribution in [3.05, 3.63) is 28.4 Å². The fourth-order valence-electron chi connectivity index (χ4n) is 2.42. The molecule has 5 nitrogen and oxygen atoms in total. The number of carbonyl (C=O) groups excluding carboxylic acids is 2. The number of imide groups is 1. The second-order valence-corrected chi connectivity index (χ2v) is 5.57. The Morgan fingerprint density at radius 1 is 1.42 bits per heavy atom. The van der Waals surface area contributed by atoms with Crippen molar-refractivity contribution in [3.63, 3.8) is 0 Å². The van der Waals surface area contributed by atoms with Crippen molar-refractivity contribution in [2.75, 3.05) is 0 Å². The summed E-state index contributed by atoms with van der Waals surface area (Å²) in [6.45, 7) is 1.91. The number of aromatic nitrogens is 2. The number of nitrogens with zero attached hydrogens (tertiary/aromatic N) is 2. The van der Waals surface area contributed by atoms with Crippen molar-refractivity contribution in [2.24, 2.45) is 0 Å². The first-order chi connectivity index (χ1) is 9.06. The first kappa shape index (κ1) is 12.3. The lowest BCUT2D eigenvalue weighted by molar-refractivity contribution is -0.135. The smallest absolute Gasteiger partial charge is 0.251 e. The van der Waals surface area contributed by atoms with Crippen molar-refractivity contribution in [1.29, 1.82) is 0 Å². The number of nitrogens with one attached hydrogen (secondary N) is 1. The van der Waals surface area contributed by atoms with E-state index in [1.807, 2.05) is 25.1 Å². The summed E-state index contributed by atoms with van der Waals surface area (Å²) in [5.41, 5.74) is 1.79. The van der Waals surface area contributed by atoms with Gasteiger partial charge in [-0.3, -0.25) is 19.6 Å². The lowest BCUT2D eigenvalue weighted by atomic mass is 10.1. The Labute approximate surface area is 118 Å². The highest BCUT2D eigenvalue weighted by molar-refractivity contribution is 9.10. The van der Waals surface area contributed by atoms with Crippen molar-refractivity contribution in [2.45, 2.75) is 25.8 Å².